The summed E-state index contributed by atoms with van der Waals surface area (Å²) in [5.41, 5.74) is 5.49. The van der Waals surface area contributed by atoms with E-state index in [1.54, 1.807) is 0 Å². The van der Waals surface area contributed by atoms with Crippen LogP contribution in [0.2, 0.25) is 0 Å². The van der Waals surface area contributed by atoms with E-state index in [-0.39, 0.29) is 0 Å². The van der Waals surface area contributed by atoms with E-state index in [4.69, 9.17) is 10.8 Å². The van der Waals surface area contributed by atoms with E-state index in [1.165, 1.54) is 19.3 Å². The number of hydrogen-bond acceptors (Lipinski definition) is 2. The molecule has 54 valence electrons. The van der Waals surface area contributed by atoms with E-state index in [0.29, 0.717) is 18.4 Å². The minimum atomic E-state index is 0.335. The maximum atomic E-state index is 8.81. The van der Waals surface area contributed by atoms with Crippen LogP contribution in [0, 0.1) is 11.8 Å². The minimum Gasteiger partial charge on any atom is -0.396 e. The van der Waals surface area contributed by atoms with E-state index in [2.05, 4.69) is 0 Å². The summed E-state index contributed by atoms with van der Waals surface area (Å²) in [5.74, 6) is 1.12. The van der Waals surface area contributed by atoms with E-state index in [9.17, 15) is 0 Å². The second-order valence-corrected chi connectivity index (χ2v) is 2.87. The molecule has 0 aromatic carbocycles. The smallest absolute Gasteiger partial charge is 0.0462 e. The van der Waals surface area contributed by atoms with Gasteiger partial charge in [-0.3, -0.25) is 0 Å². The second-order valence-electron chi connectivity index (χ2n) is 2.87. The highest BCUT2D eigenvalue weighted by molar-refractivity contribution is 4.76. The van der Waals surface area contributed by atoms with Crippen molar-refractivity contribution in [2.45, 2.75) is 19.3 Å². The van der Waals surface area contributed by atoms with Gasteiger partial charge in [0.2, 0.25) is 0 Å². The summed E-state index contributed by atoms with van der Waals surface area (Å²) in [6, 6.07) is 0. The Morgan fingerprint density at radius 1 is 1.33 bits per heavy atom. The van der Waals surface area contributed by atoms with E-state index in [0.717, 1.165) is 6.54 Å². The predicted octanol–water partition coefficient (Wildman–Crippen LogP) is 0.354. The van der Waals surface area contributed by atoms with Crippen LogP contribution in [0.4, 0.5) is 0 Å². The van der Waals surface area contributed by atoms with Gasteiger partial charge >= 0.3 is 0 Å². The Labute approximate surface area is 56.1 Å². The SMILES string of the molecule is NCC1CCCC1CO. The van der Waals surface area contributed by atoms with Gasteiger partial charge in [0.05, 0.1) is 0 Å². The molecule has 2 atom stereocenters. The molecule has 1 saturated carbocycles. The summed E-state index contributed by atoms with van der Waals surface area (Å²) in [5, 5.41) is 8.81. The summed E-state index contributed by atoms with van der Waals surface area (Å²) in [7, 11) is 0. The molecule has 0 radical (unpaired) electrons. The van der Waals surface area contributed by atoms with Gasteiger partial charge in [-0.25, -0.2) is 0 Å². The normalized spacial score (nSPS) is 35.3. The molecule has 0 spiro atoms. The fourth-order valence-electron chi connectivity index (χ4n) is 1.66. The molecular weight excluding hydrogens is 114 g/mol. The molecule has 0 heterocycles. The van der Waals surface area contributed by atoms with Crippen molar-refractivity contribution >= 4 is 0 Å². The molecular formula is C7H15NO. The summed E-state index contributed by atoms with van der Waals surface area (Å²) in [6.45, 7) is 1.09. The van der Waals surface area contributed by atoms with Gasteiger partial charge in [0, 0.05) is 6.61 Å². The van der Waals surface area contributed by atoms with Crippen molar-refractivity contribution in [3.8, 4) is 0 Å². The molecule has 0 aliphatic heterocycles. The number of aliphatic hydroxyl groups is 1. The first-order valence-electron chi connectivity index (χ1n) is 3.69. The standard InChI is InChI=1S/C7H15NO/c8-4-6-2-1-3-7(6)5-9/h6-7,9H,1-5,8H2. The minimum absolute atomic E-state index is 0.335. The lowest BCUT2D eigenvalue weighted by Crippen LogP contribution is -2.20. The highest BCUT2D eigenvalue weighted by atomic mass is 16.3. The van der Waals surface area contributed by atoms with E-state index in [1.807, 2.05) is 0 Å². The molecule has 2 nitrogen and oxygen atoms in total. The highest BCUT2D eigenvalue weighted by Gasteiger charge is 2.24. The second kappa shape index (κ2) is 3.18. The van der Waals surface area contributed by atoms with Crippen LogP contribution in [0.25, 0.3) is 0 Å². The number of aliphatic hydroxyl groups excluding tert-OH is 1. The molecule has 0 aromatic heterocycles. The van der Waals surface area contributed by atoms with Crippen molar-refractivity contribution in [1.29, 1.82) is 0 Å². The quantitative estimate of drug-likeness (QED) is 0.565. The fraction of sp³-hybridized carbons (Fsp3) is 1.00. The van der Waals surface area contributed by atoms with E-state index >= 15 is 0 Å². The maximum absolute atomic E-state index is 8.81. The van der Waals surface area contributed by atoms with Crippen LogP contribution in [0.5, 0.6) is 0 Å². The van der Waals surface area contributed by atoms with Crippen molar-refractivity contribution in [3.05, 3.63) is 0 Å². The van der Waals surface area contributed by atoms with Gasteiger partial charge in [-0.2, -0.15) is 0 Å². The first kappa shape index (κ1) is 7.03. The molecule has 0 bridgehead atoms. The average Bonchev–Trinajstić information content (AvgIpc) is 2.33. The van der Waals surface area contributed by atoms with Crippen LogP contribution < -0.4 is 5.73 Å². The largest absolute Gasteiger partial charge is 0.396 e. The molecule has 2 heteroatoms. The molecule has 1 aliphatic carbocycles. The zero-order valence-corrected chi connectivity index (χ0v) is 5.71. The highest BCUT2D eigenvalue weighted by Crippen LogP contribution is 2.29. The van der Waals surface area contributed by atoms with Crippen molar-refractivity contribution < 1.29 is 5.11 Å². The Kier molecular flexibility index (Phi) is 2.49. The Morgan fingerprint density at radius 2 is 2.00 bits per heavy atom. The van der Waals surface area contributed by atoms with Gasteiger partial charge < -0.3 is 10.8 Å². The third-order valence-electron chi connectivity index (χ3n) is 2.35. The first-order chi connectivity index (χ1) is 4.38. The van der Waals surface area contributed by atoms with Crippen LogP contribution in [0.1, 0.15) is 19.3 Å². The molecule has 3 N–H and O–H groups in total. The molecule has 1 aliphatic rings. The first-order valence-corrected chi connectivity index (χ1v) is 3.69. The lowest BCUT2D eigenvalue weighted by atomic mass is 9.97. The average molecular weight is 129 g/mol. The zero-order chi connectivity index (χ0) is 6.69. The van der Waals surface area contributed by atoms with Crippen molar-refractivity contribution in [2.24, 2.45) is 17.6 Å². The molecule has 0 aromatic rings. The van der Waals surface area contributed by atoms with E-state index < -0.39 is 0 Å². The van der Waals surface area contributed by atoms with Gasteiger partial charge in [0.1, 0.15) is 0 Å². The van der Waals surface area contributed by atoms with Gasteiger partial charge in [-0.15, -0.1) is 0 Å². The fourth-order valence-corrected chi connectivity index (χ4v) is 1.66. The van der Waals surface area contributed by atoms with Gasteiger partial charge in [0.25, 0.3) is 0 Å². The van der Waals surface area contributed by atoms with Crippen molar-refractivity contribution in [2.75, 3.05) is 13.2 Å². The Bertz CT molecular complexity index is 75.0. The lowest BCUT2D eigenvalue weighted by Gasteiger charge is -2.13. The molecule has 1 fully saturated rings. The third kappa shape index (κ3) is 1.43. The van der Waals surface area contributed by atoms with Gasteiger partial charge in [-0.1, -0.05) is 6.42 Å². The third-order valence-corrected chi connectivity index (χ3v) is 2.35. The summed E-state index contributed by atoms with van der Waals surface area (Å²) < 4.78 is 0. The van der Waals surface area contributed by atoms with Crippen LogP contribution in [0.3, 0.4) is 0 Å². The van der Waals surface area contributed by atoms with Crippen LogP contribution in [0.15, 0.2) is 0 Å². The van der Waals surface area contributed by atoms with Crippen molar-refractivity contribution in [1.82, 2.24) is 0 Å². The van der Waals surface area contributed by atoms with Crippen molar-refractivity contribution in [3.63, 3.8) is 0 Å². The van der Waals surface area contributed by atoms with Gasteiger partial charge in [-0.05, 0) is 31.2 Å². The summed E-state index contributed by atoms with van der Waals surface area (Å²) in [4.78, 5) is 0. The topological polar surface area (TPSA) is 46.2 Å². The molecule has 2 unspecified atom stereocenters. The monoisotopic (exact) mass is 129 g/mol. The Balaban J connectivity index is 2.32. The molecule has 9 heavy (non-hydrogen) atoms. The summed E-state index contributed by atoms with van der Waals surface area (Å²) in [6.07, 6.45) is 3.66. The molecule has 0 amide bonds. The molecule has 1 rings (SSSR count). The number of hydrogen-bond donors (Lipinski definition) is 2. The Morgan fingerprint density at radius 3 is 2.44 bits per heavy atom. The van der Waals surface area contributed by atoms with Gasteiger partial charge in [0.15, 0.2) is 0 Å². The number of rotatable bonds is 2. The summed E-state index contributed by atoms with van der Waals surface area (Å²) >= 11 is 0. The van der Waals surface area contributed by atoms with Crippen LogP contribution in [-0.4, -0.2) is 18.3 Å². The van der Waals surface area contributed by atoms with Crippen LogP contribution in [-0.2, 0) is 0 Å². The predicted molar refractivity (Wildman–Crippen MR) is 37.0 cm³/mol. The lowest BCUT2D eigenvalue weighted by molar-refractivity contribution is 0.197. The maximum Gasteiger partial charge on any atom is 0.0462 e. The molecule has 0 saturated heterocycles. The number of nitrogens with two attached hydrogens (primary N) is 1. The van der Waals surface area contributed by atoms with Crippen LogP contribution >= 0.6 is 0 Å². The Hall–Kier alpha value is -0.0800. The zero-order valence-electron chi connectivity index (χ0n) is 5.71.